The van der Waals surface area contributed by atoms with Crippen LogP contribution in [0.5, 0.6) is 0 Å². The van der Waals surface area contributed by atoms with E-state index >= 15 is 0 Å². The van der Waals surface area contributed by atoms with Crippen molar-refractivity contribution < 1.29 is 0 Å². The molecule has 1 aromatic heterocycles. The van der Waals surface area contributed by atoms with Gasteiger partial charge in [0.05, 0.1) is 27.7 Å². The number of hydrogen-bond donors (Lipinski definition) is 2. The highest BCUT2D eigenvalue weighted by atomic mass is 32.2. The molecule has 10 rings (SSSR count). The third kappa shape index (κ3) is 4.32. The number of nitrogens with zero attached hydrogens (tertiary/aromatic N) is 1. The molecule has 2 aliphatic rings. The highest BCUT2D eigenvalue weighted by molar-refractivity contribution is 7.99. The standard InChI is InChI=1S/C39H29N3S.C7H8/c1-38(41-40,25-13-3-2-4-14-25)31-20-12-21-32-37(31)43-35-24-10-7-18-29(35)39(32)28-17-6-9-23-34(28)42-33-22-8-5-15-26(33)27-16-11-19-30(39)36(27)42;1-7-5-3-2-4-6-7/h2-24,41H,40H2,1H3;2-6H,1H3. The fourth-order valence-corrected chi connectivity index (χ4v) is 9.77. The highest BCUT2D eigenvalue weighted by Crippen LogP contribution is 2.61. The summed E-state index contributed by atoms with van der Waals surface area (Å²) in [5, 5.41) is 2.57. The number of benzene rings is 7. The Bertz CT molecular complexity index is 2540. The summed E-state index contributed by atoms with van der Waals surface area (Å²) in [6, 6.07) is 61.3. The number of para-hydroxylation sites is 3. The molecular weight excluding hydrogens is 627 g/mol. The SMILES string of the molecule is CC(NN)(c1ccccc1)c1cccc2c1Sc1ccccc1C21c2ccccc2-n2c3ccccc3c3cccc1c32.Cc1ccccc1. The highest BCUT2D eigenvalue weighted by Gasteiger charge is 2.50. The summed E-state index contributed by atoms with van der Waals surface area (Å²) in [6.45, 7) is 4.28. The third-order valence-corrected chi connectivity index (χ3v) is 11.9. The number of nitrogens with two attached hydrogens (primary N) is 1. The van der Waals surface area contributed by atoms with Crippen molar-refractivity contribution in [2.45, 2.75) is 34.6 Å². The van der Waals surface area contributed by atoms with Crippen LogP contribution >= 0.6 is 11.8 Å². The zero-order valence-corrected chi connectivity index (χ0v) is 28.9. The lowest BCUT2D eigenvalue weighted by molar-refractivity contribution is 0.442. The largest absolute Gasteiger partial charge is 0.309 e. The Kier molecular flexibility index (Phi) is 7.29. The van der Waals surface area contributed by atoms with Gasteiger partial charge in [0.15, 0.2) is 0 Å². The van der Waals surface area contributed by atoms with Gasteiger partial charge in [-0.15, -0.1) is 0 Å². The van der Waals surface area contributed by atoms with Gasteiger partial charge in [0.1, 0.15) is 0 Å². The predicted molar refractivity (Wildman–Crippen MR) is 208 cm³/mol. The van der Waals surface area contributed by atoms with Gasteiger partial charge in [-0.2, -0.15) is 0 Å². The first kappa shape index (κ1) is 30.7. The van der Waals surface area contributed by atoms with E-state index in [4.69, 9.17) is 5.84 Å². The summed E-state index contributed by atoms with van der Waals surface area (Å²) < 4.78 is 2.49. The molecule has 0 saturated heterocycles. The smallest absolute Gasteiger partial charge is 0.0801 e. The zero-order chi connectivity index (χ0) is 33.9. The van der Waals surface area contributed by atoms with Gasteiger partial charge in [0.2, 0.25) is 0 Å². The van der Waals surface area contributed by atoms with Crippen LogP contribution in [0.15, 0.2) is 180 Å². The van der Waals surface area contributed by atoms with Crippen LogP contribution in [0.2, 0.25) is 0 Å². The van der Waals surface area contributed by atoms with E-state index in [0.29, 0.717) is 0 Å². The fraction of sp³-hybridized carbons (Fsp3) is 0.0870. The summed E-state index contributed by atoms with van der Waals surface area (Å²) in [4.78, 5) is 2.52. The number of hydrazine groups is 1. The molecular formula is C46H37N3S. The van der Waals surface area contributed by atoms with Crippen LogP contribution in [0.1, 0.15) is 45.9 Å². The third-order valence-electron chi connectivity index (χ3n) is 10.7. The number of aryl methyl sites for hydroxylation is 1. The molecule has 8 aromatic rings. The Morgan fingerprint density at radius 3 is 1.94 bits per heavy atom. The molecule has 3 heterocycles. The Labute approximate surface area is 297 Å². The molecule has 2 unspecified atom stereocenters. The quantitative estimate of drug-likeness (QED) is 0.146. The summed E-state index contributed by atoms with van der Waals surface area (Å²) in [6.07, 6.45) is 0. The Hall–Kier alpha value is -5.39. The topological polar surface area (TPSA) is 43.0 Å². The van der Waals surface area contributed by atoms with Crippen molar-refractivity contribution in [1.29, 1.82) is 0 Å². The summed E-state index contributed by atoms with van der Waals surface area (Å²) in [5.41, 5.74) is 14.7. The summed E-state index contributed by atoms with van der Waals surface area (Å²) in [5.74, 6) is 6.45. The average molecular weight is 664 g/mol. The average Bonchev–Trinajstić information content (AvgIpc) is 3.52. The van der Waals surface area contributed by atoms with Crippen LogP contribution < -0.4 is 11.3 Å². The van der Waals surface area contributed by atoms with E-state index in [2.05, 4.69) is 175 Å². The van der Waals surface area contributed by atoms with E-state index in [-0.39, 0.29) is 0 Å². The molecule has 0 amide bonds. The zero-order valence-electron chi connectivity index (χ0n) is 28.1. The second kappa shape index (κ2) is 11.9. The molecule has 0 saturated carbocycles. The maximum Gasteiger partial charge on any atom is 0.0801 e. The minimum atomic E-state index is -0.595. The van der Waals surface area contributed by atoms with E-state index in [0.717, 1.165) is 5.56 Å². The lowest BCUT2D eigenvalue weighted by Crippen LogP contribution is -2.46. The Morgan fingerprint density at radius 1 is 0.580 bits per heavy atom. The Balaban J connectivity index is 0.000000432. The number of hydrogen-bond acceptors (Lipinski definition) is 3. The van der Waals surface area contributed by atoms with Crippen molar-refractivity contribution in [3.05, 3.63) is 209 Å². The number of aromatic nitrogens is 1. The lowest BCUT2D eigenvalue weighted by Gasteiger charge is -2.46. The minimum Gasteiger partial charge on any atom is -0.309 e. The summed E-state index contributed by atoms with van der Waals surface area (Å²) in [7, 11) is 0. The molecule has 0 fully saturated rings. The maximum absolute atomic E-state index is 6.45. The lowest BCUT2D eigenvalue weighted by atomic mass is 9.62. The molecule has 1 spiro atoms. The van der Waals surface area contributed by atoms with Crippen molar-refractivity contribution in [3.8, 4) is 5.69 Å². The molecule has 3 N–H and O–H groups in total. The minimum absolute atomic E-state index is 0.514. The predicted octanol–water partition coefficient (Wildman–Crippen LogP) is 10.7. The molecule has 2 atom stereocenters. The second-order valence-corrected chi connectivity index (χ2v) is 14.4. The van der Waals surface area contributed by atoms with Gasteiger partial charge in [0, 0.05) is 20.6 Å². The molecule has 3 nitrogen and oxygen atoms in total. The number of rotatable bonds is 3. The van der Waals surface area contributed by atoms with Crippen LogP contribution in [-0.2, 0) is 11.0 Å². The van der Waals surface area contributed by atoms with Gasteiger partial charge in [-0.05, 0) is 65.4 Å². The van der Waals surface area contributed by atoms with Crippen LogP contribution in [0.3, 0.4) is 0 Å². The monoisotopic (exact) mass is 663 g/mol. The van der Waals surface area contributed by atoms with E-state index in [1.54, 1.807) is 0 Å². The van der Waals surface area contributed by atoms with E-state index in [1.807, 2.05) is 30.0 Å². The normalized spacial score (nSPS) is 16.5. The molecule has 0 aliphatic carbocycles. The van der Waals surface area contributed by atoms with Crippen molar-refractivity contribution in [2.24, 2.45) is 5.84 Å². The molecule has 7 aromatic carbocycles. The number of nitrogens with one attached hydrogen (secondary N) is 1. The fourth-order valence-electron chi connectivity index (χ4n) is 8.36. The van der Waals surface area contributed by atoms with Crippen LogP contribution in [-0.4, -0.2) is 4.57 Å². The van der Waals surface area contributed by atoms with Crippen molar-refractivity contribution in [1.82, 2.24) is 9.99 Å². The van der Waals surface area contributed by atoms with Crippen LogP contribution in [0.4, 0.5) is 0 Å². The van der Waals surface area contributed by atoms with Gasteiger partial charge < -0.3 is 4.57 Å². The van der Waals surface area contributed by atoms with Gasteiger partial charge in [-0.1, -0.05) is 169 Å². The van der Waals surface area contributed by atoms with E-state index < -0.39 is 11.0 Å². The van der Waals surface area contributed by atoms with Gasteiger partial charge in [-0.25, -0.2) is 5.43 Å². The van der Waals surface area contributed by atoms with Crippen molar-refractivity contribution in [3.63, 3.8) is 0 Å². The van der Waals surface area contributed by atoms with Crippen LogP contribution in [0.25, 0.3) is 27.5 Å². The summed E-state index contributed by atoms with van der Waals surface area (Å²) >= 11 is 1.86. The second-order valence-electron chi connectivity index (χ2n) is 13.4. The van der Waals surface area contributed by atoms with Gasteiger partial charge in [0.25, 0.3) is 0 Å². The molecule has 0 radical (unpaired) electrons. The molecule has 50 heavy (non-hydrogen) atoms. The van der Waals surface area contributed by atoms with Crippen molar-refractivity contribution >= 4 is 33.6 Å². The first-order valence-corrected chi connectivity index (χ1v) is 18.0. The van der Waals surface area contributed by atoms with Gasteiger partial charge >= 0.3 is 0 Å². The molecule has 2 aliphatic heterocycles. The molecule has 242 valence electrons. The van der Waals surface area contributed by atoms with Gasteiger partial charge in [-0.3, -0.25) is 5.84 Å². The first-order valence-electron chi connectivity index (χ1n) is 17.2. The molecule has 4 heteroatoms. The van der Waals surface area contributed by atoms with E-state index in [9.17, 15) is 0 Å². The molecule has 0 bridgehead atoms. The van der Waals surface area contributed by atoms with Crippen LogP contribution in [0, 0.1) is 6.92 Å². The Morgan fingerprint density at radius 2 is 1.18 bits per heavy atom. The van der Waals surface area contributed by atoms with Crippen molar-refractivity contribution in [2.75, 3.05) is 0 Å². The maximum atomic E-state index is 6.45. The number of fused-ring (bicyclic) bond motifs is 11. The first-order chi connectivity index (χ1) is 24.6. The van der Waals surface area contributed by atoms with E-state index in [1.165, 1.54) is 70.7 Å².